The Morgan fingerprint density at radius 1 is 0.872 bits per heavy atom. The van der Waals surface area contributed by atoms with E-state index in [9.17, 15) is 18.0 Å². The van der Waals surface area contributed by atoms with Gasteiger partial charge in [-0.05, 0) is 35.4 Å². The SMILES string of the molecule is O=C(COCc1ccccc1)N1CCN(Cc2cccc(-c3noc(-c4cccc(C(F)(F)F)c4)n3)c2)CC1. The van der Waals surface area contributed by atoms with Crippen LogP contribution in [0, 0.1) is 0 Å². The summed E-state index contributed by atoms with van der Waals surface area (Å²) in [6.45, 7) is 3.86. The molecule has 7 nitrogen and oxygen atoms in total. The second-order valence-electron chi connectivity index (χ2n) is 9.34. The lowest BCUT2D eigenvalue weighted by Gasteiger charge is -2.34. The quantitative estimate of drug-likeness (QED) is 0.305. The molecule has 5 rings (SSSR count). The molecule has 0 spiro atoms. The van der Waals surface area contributed by atoms with E-state index in [4.69, 9.17) is 9.26 Å². The molecule has 2 heterocycles. The van der Waals surface area contributed by atoms with E-state index in [2.05, 4.69) is 15.0 Å². The largest absolute Gasteiger partial charge is 0.416 e. The number of carbonyl (C=O) groups is 1. The number of rotatable bonds is 8. The molecule has 1 fully saturated rings. The highest BCUT2D eigenvalue weighted by Gasteiger charge is 2.31. The first-order valence-electron chi connectivity index (χ1n) is 12.6. The molecule has 4 aromatic rings. The van der Waals surface area contributed by atoms with Gasteiger partial charge in [0.2, 0.25) is 11.7 Å². The molecule has 202 valence electrons. The van der Waals surface area contributed by atoms with Gasteiger partial charge in [-0.2, -0.15) is 18.2 Å². The van der Waals surface area contributed by atoms with Crippen LogP contribution >= 0.6 is 0 Å². The van der Waals surface area contributed by atoms with Gasteiger partial charge < -0.3 is 14.2 Å². The molecule has 0 radical (unpaired) electrons. The molecule has 1 aromatic heterocycles. The second kappa shape index (κ2) is 11.8. The van der Waals surface area contributed by atoms with E-state index in [0.29, 0.717) is 37.6 Å². The van der Waals surface area contributed by atoms with E-state index in [0.717, 1.165) is 36.3 Å². The molecule has 1 aliphatic heterocycles. The first-order valence-corrected chi connectivity index (χ1v) is 12.6. The molecular weight excluding hydrogens is 509 g/mol. The van der Waals surface area contributed by atoms with Crippen LogP contribution in [0.3, 0.4) is 0 Å². The molecule has 0 atom stereocenters. The van der Waals surface area contributed by atoms with Crippen LogP contribution in [0.4, 0.5) is 13.2 Å². The van der Waals surface area contributed by atoms with Crippen LogP contribution < -0.4 is 0 Å². The van der Waals surface area contributed by atoms with Crippen LogP contribution in [0.15, 0.2) is 83.4 Å². The third-order valence-corrected chi connectivity index (χ3v) is 6.52. The lowest BCUT2D eigenvalue weighted by molar-refractivity contribution is -0.138. The van der Waals surface area contributed by atoms with Gasteiger partial charge in [0.05, 0.1) is 12.2 Å². The number of benzene rings is 3. The molecule has 1 saturated heterocycles. The standard InChI is InChI=1S/C29H27F3N4O3/c30-29(31,32)25-11-5-10-24(17-25)28-33-27(34-39-28)23-9-4-8-22(16-23)18-35-12-14-36(15-13-35)26(37)20-38-19-21-6-2-1-3-7-21/h1-11,16-17H,12-15,18-20H2. The summed E-state index contributed by atoms with van der Waals surface area (Å²) in [6, 6.07) is 22.2. The van der Waals surface area contributed by atoms with Gasteiger partial charge in [0, 0.05) is 43.9 Å². The van der Waals surface area contributed by atoms with Crippen LogP contribution in [-0.2, 0) is 28.9 Å². The molecule has 0 unspecified atom stereocenters. The molecule has 1 amide bonds. The first-order chi connectivity index (χ1) is 18.8. The van der Waals surface area contributed by atoms with Crippen LogP contribution in [0.25, 0.3) is 22.8 Å². The number of alkyl halides is 3. The van der Waals surface area contributed by atoms with Crippen molar-refractivity contribution in [1.82, 2.24) is 19.9 Å². The van der Waals surface area contributed by atoms with Crippen molar-refractivity contribution in [1.29, 1.82) is 0 Å². The normalized spacial score (nSPS) is 14.5. The van der Waals surface area contributed by atoms with E-state index in [1.165, 1.54) is 12.1 Å². The van der Waals surface area contributed by atoms with E-state index in [-0.39, 0.29) is 24.0 Å². The number of hydrogen-bond acceptors (Lipinski definition) is 6. The van der Waals surface area contributed by atoms with E-state index >= 15 is 0 Å². The molecule has 0 N–H and O–H groups in total. The minimum absolute atomic E-state index is 0.0127. The van der Waals surface area contributed by atoms with Gasteiger partial charge in [-0.1, -0.05) is 59.8 Å². The highest BCUT2D eigenvalue weighted by molar-refractivity contribution is 5.77. The molecular formula is C29H27F3N4O3. The van der Waals surface area contributed by atoms with Gasteiger partial charge >= 0.3 is 6.18 Å². The van der Waals surface area contributed by atoms with Crippen molar-refractivity contribution in [2.75, 3.05) is 32.8 Å². The molecule has 0 bridgehead atoms. The Hall–Kier alpha value is -4.02. The first kappa shape index (κ1) is 26.6. The molecule has 0 aliphatic carbocycles. The Labute approximate surface area is 223 Å². The van der Waals surface area contributed by atoms with Gasteiger partial charge in [-0.15, -0.1) is 0 Å². The molecule has 1 aliphatic rings. The summed E-state index contributed by atoms with van der Waals surface area (Å²) in [5.74, 6) is 0.312. The monoisotopic (exact) mass is 536 g/mol. The average Bonchev–Trinajstić information content (AvgIpc) is 3.44. The summed E-state index contributed by atoms with van der Waals surface area (Å²) in [4.78, 5) is 20.9. The van der Waals surface area contributed by atoms with E-state index < -0.39 is 11.7 Å². The smallest absolute Gasteiger partial charge is 0.367 e. The predicted octanol–water partition coefficient (Wildman–Crippen LogP) is 5.28. The zero-order valence-corrected chi connectivity index (χ0v) is 21.1. The Morgan fingerprint density at radius 3 is 2.36 bits per heavy atom. The summed E-state index contributed by atoms with van der Waals surface area (Å²) in [7, 11) is 0. The third-order valence-electron chi connectivity index (χ3n) is 6.52. The Balaban J connectivity index is 1.14. The van der Waals surface area contributed by atoms with Crippen molar-refractivity contribution in [2.45, 2.75) is 19.3 Å². The van der Waals surface area contributed by atoms with Gasteiger partial charge in [-0.3, -0.25) is 9.69 Å². The fraction of sp³-hybridized carbons (Fsp3) is 0.276. The van der Waals surface area contributed by atoms with Crippen molar-refractivity contribution in [3.8, 4) is 22.8 Å². The Kier molecular flexibility index (Phi) is 8.04. The number of halogens is 3. The zero-order chi connectivity index (χ0) is 27.2. The van der Waals surface area contributed by atoms with Crippen LogP contribution in [0.5, 0.6) is 0 Å². The van der Waals surface area contributed by atoms with Gasteiger partial charge in [-0.25, -0.2) is 0 Å². The van der Waals surface area contributed by atoms with Gasteiger partial charge in [0.25, 0.3) is 5.89 Å². The number of piperazine rings is 1. The number of nitrogens with zero attached hydrogens (tertiary/aromatic N) is 4. The summed E-state index contributed by atoms with van der Waals surface area (Å²) in [5, 5.41) is 3.98. The summed E-state index contributed by atoms with van der Waals surface area (Å²) >= 11 is 0. The maximum Gasteiger partial charge on any atom is 0.416 e. The second-order valence-corrected chi connectivity index (χ2v) is 9.34. The molecule has 39 heavy (non-hydrogen) atoms. The fourth-order valence-electron chi connectivity index (χ4n) is 4.43. The van der Waals surface area contributed by atoms with E-state index in [1.54, 1.807) is 0 Å². The van der Waals surface area contributed by atoms with Gasteiger partial charge in [0.15, 0.2) is 0 Å². The summed E-state index contributed by atoms with van der Waals surface area (Å²) < 4.78 is 50.0. The zero-order valence-electron chi connectivity index (χ0n) is 21.1. The Bertz CT molecular complexity index is 1400. The maximum absolute atomic E-state index is 13.1. The minimum Gasteiger partial charge on any atom is -0.367 e. The van der Waals surface area contributed by atoms with Crippen LogP contribution in [0.1, 0.15) is 16.7 Å². The molecule has 3 aromatic carbocycles. The molecule has 10 heteroatoms. The highest BCUT2D eigenvalue weighted by atomic mass is 19.4. The highest BCUT2D eigenvalue weighted by Crippen LogP contribution is 2.32. The minimum atomic E-state index is -4.46. The fourth-order valence-corrected chi connectivity index (χ4v) is 4.43. The number of amides is 1. The van der Waals surface area contributed by atoms with Crippen LogP contribution in [-0.4, -0.2) is 58.6 Å². The summed E-state index contributed by atoms with van der Waals surface area (Å²) in [6.07, 6.45) is -4.46. The molecule has 0 saturated carbocycles. The number of hydrogen-bond donors (Lipinski definition) is 0. The lowest BCUT2D eigenvalue weighted by atomic mass is 10.1. The lowest BCUT2D eigenvalue weighted by Crippen LogP contribution is -2.49. The number of carbonyl (C=O) groups excluding carboxylic acids is 1. The number of aromatic nitrogens is 2. The van der Waals surface area contributed by atoms with Crippen molar-refractivity contribution in [3.05, 3.63) is 95.6 Å². The number of ether oxygens (including phenoxy) is 1. The van der Waals surface area contributed by atoms with Crippen molar-refractivity contribution < 1.29 is 27.2 Å². The van der Waals surface area contributed by atoms with E-state index in [1.807, 2.05) is 59.5 Å². The predicted molar refractivity (Wildman–Crippen MR) is 138 cm³/mol. The Morgan fingerprint density at radius 2 is 1.59 bits per heavy atom. The van der Waals surface area contributed by atoms with Crippen molar-refractivity contribution in [2.24, 2.45) is 0 Å². The van der Waals surface area contributed by atoms with Crippen molar-refractivity contribution >= 4 is 5.91 Å². The van der Waals surface area contributed by atoms with Gasteiger partial charge in [0.1, 0.15) is 6.61 Å². The van der Waals surface area contributed by atoms with Crippen molar-refractivity contribution in [3.63, 3.8) is 0 Å². The average molecular weight is 537 g/mol. The van der Waals surface area contributed by atoms with Crippen LogP contribution in [0.2, 0.25) is 0 Å². The third kappa shape index (κ3) is 6.90. The maximum atomic E-state index is 13.1. The topological polar surface area (TPSA) is 71.7 Å². The summed E-state index contributed by atoms with van der Waals surface area (Å²) in [5.41, 5.74) is 2.20.